The molecule has 0 radical (unpaired) electrons. The molecule has 0 spiro atoms. The van der Waals surface area contributed by atoms with Crippen LogP contribution in [-0.2, 0) is 26.4 Å². The van der Waals surface area contributed by atoms with E-state index in [1.54, 1.807) is 19.3 Å². The lowest BCUT2D eigenvalue weighted by atomic mass is 9.92. The molecule has 1 aliphatic carbocycles. The fourth-order valence-electron chi connectivity index (χ4n) is 7.11. The van der Waals surface area contributed by atoms with E-state index in [-0.39, 0.29) is 5.41 Å². The van der Waals surface area contributed by atoms with Gasteiger partial charge in [0.15, 0.2) is 0 Å². The molecule has 5 aromatic rings. The Bertz CT molecular complexity index is 2030. The van der Waals surface area contributed by atoms with Gasteiger partial charge in [-0.15, -0.1) is 11.3 Å². The molecule has 0 amide bonds. The quantitative estimate of drug-likeness (QED) is 0.147. The summed E-state index contributed by atoms with van der Waals surface area (Å²) < 4.78 is 46.0. The number of piperidine rings is 1. The van der Waals surface area contributed by atoms with E-state index in [1.807, 2.05) is 84.9 Å². The fraction of sp³-hybridized carbons (Fsp3) is 0.324. The summed E-state index contributed by atoms with van der Waals surface area (Å²) in [5.41, 5.74) is 1.56. The maximum absolute atomic E-state index is 13.8. The minimum atomic E-state index is -3.70. The zero-order valence-corrected chi connectivity index (χ0v) is 30.0. The van der Waals surface area contributed by atoms with E-state index in [9.17, 15) is 12.6 Å². The summed E-state index contributed by atoms with van der Waals surface area (Å²) in [6.07, 6.45) is 4.68. The molecule has 0 bridgehead atoms. The zero-order valence-electron chi connectivity index (χ0n) is 26.8. The number of sulfonamides is 1. The molecule has 7 nitrogen and oxygen atoms in total. The monoisotopic (exact) mass is 718 g/mol. The molecule has 3 heterocycles. The number of nitrogens with one attached hydrogen (secondary N) is 1. The number of hydrogen-bond donors (Lipinski definition) is 1. The lowest BCUT2D eigenvalue weighted by Gasteiger charge is -2.33. The topological polar surface area (TPSA) is 82.6 Å². The first-order valence-electron chi connectivity index (χ1n) is 16.3. The summed E-state index contributed by atoms with van der Waals surface area (Å²) in [7, 11) is -3.28. The number of benzene rings is 3. The van der Waals surface area contributed by atoms with Crippen molar-refractivity contribution in [2.45, 2.75) is 33.8 Å². The number of nitrogens with zero attached hydrogens (tertiary/aromatic N) is 3. The lowest BCUT2D eigenvalue weighted by molar-refractivity contribution is 0.174. The van der Waals surface area contributed by atoms with Crippen molar-refractivity contribution >= 4 is 54.7 Å². The molecule has 1 saturated carbocycles. The molecule has 48 heavy (non-hydrogen) atoms. The first-order valence-corrected chi connectivity index (χ1v) is 20.1. The van der Waals surface area contributed by atoms with Crippen molar-refractivity contribution in [3.05, 3.63) is 114 Å². The van der Waals surface area contributed by atoms with Gasteiger partial charge in [-0.3, -0.25) is 4.98 Å². The average Bonchev–Trinajstić information content (AvgIpc) is 3.54. The number of rotatable bonds is 12. The average molecular weight is 719 g/mol. The van der Waals surface area contributed by atoms with Crippen molar-refractivity contribution < 1.29 is 12.6 Å². The van der Waals surface area contributed by atoms with Crippen LogP contribution in [0.5, 0.6) is 0 Å². The molecule has 250 valence electrons. The van der Waals surface area contributed by atoms with E-state index in [1.165, 1.54) is 15.6 Å². The van der Waals surface area contributed by atoms with E-state index in [2.05, 4.69) is 20.7 Å². The largest absolute Gasteiger partial charge is 0.303 e. The Labute approximate surface area is 294 Å². The standard InChI is InChI=1S/C37H39ClN4O3S3/c1-41(48(44,45)36-16-15-34(46-36)33-13-4-5-19-39-33)26-37(29-10-7-11-31(38)22-29)23-30(37)25-42-20-17-27(18-21-42)24-40-47(43)35-14-6-9-28-8-2-3-12-32(28)35/h2-16,19,22,27,30,40H,17-18,20-21,23-26H2,1H3/t30-,37+,47?/m0/s1. The molecule has 1 N–H and O–H groups in total. The van der Waals surface area contributed by atoms with Crippen LogP contribution in [0.25, 0.3) is 21.3 Å². The van der Waals surface area contributed by atoms with Crippen molar-refractivity contribution in [3.8, 4) is 10.6 Å². The van der Waals surface area contributed by atoms with Crippen molar-refractivity contribution in [2.75, 3.05) is 39.8 Å². The summed E-state index contributed by atoms with van der Waals surface area (Å²) in [4.78, 5) is 8.56. The molecule has 2 aliphatic rings. The summed E-state index contributed by atoms with van der Waals surface area (Å²) >= 11 is 7.72. The first-order chi connectivity index (χ1) is 23.2. The van der Waals surface area contributed by atoms with Crippen LogP contribution in [0.1, 0.15) is 24.8 Å². The fourth-order valence-corrected chi connectivity index (χ4v) is 11.2. The Balaban J connectivity index is 0.982. The van der Waals surface area contributed by atoms with Crippen LogP contribution in [0.3, 0.4) is 0 Å². The first kappa shape index (κ1) is 33.5. The van der Waals surface area contributed by atoms with Gasteiger partial charge in [-0.25, -0.2) is 17.3 Å². The van der Waals surface area contributed by atoms with Crippen LogP contribution in [0, 0.1) is 11.8 Å². The highest BCUT2D eigenvalue weighted by Gasteiger charge is 2.57. The van der Waals surface area contributed by atoms with Crippen molar-refractivity contribution in [1.82, 2.24) is 18.9 Å². The third-order valence-electron chi connectivity index (χ3n) is 9.94. The molecule has 2 fully saturated rings. The molecular formula is C37H39ClN4O3S3. The molecule has 1 saturated heterocycles. The van der Waals surface area contributed by atoms with Gasteiger partial charge in [0, 0.05) is 43.3 Å². The van der Waals surface area contributed by atoms with E-state index >= 15 is 0 Å². The Kier molecular flexibility index (Phi) is 9.86. The van der Waals surface area contributed by atoms with Gasteiger partial charge in [0.2, 0.25) is 0 Å². The van der Waals surface area contributed by atoms with Crippen LogP contribution in [0.15, 0.2) is 112 Å². The number of likely N-dealkylation sites (tertiary alicyclic amines) is 1. The van der Waals surface area contributed by atoms with Gasteiger partial charge in [-0.05, 0) is 103 Å². The van der Waals surface area contributed by atoms with E-state index in [4.69, 9.17) is 11.6 Å². The third kappa shape index (κ3) is 7.03. The van der Waals surface area contributed by atoms with Crippen LogP contribution >= 0.6 is 22.9 Å². The number of thiophene rings is 1. The Morgan fingerprint density at radius 3 is 2.56 bits per heavy atom. The Hall–Kier alpha value is -2.96. The van der Waals surface area contributed by atoms with Crippen molar-refractivity contribution in [2.24, 2.45) is 11.8 Å². The second-order valence-electron chi connectivity index (χ2n) is 13.0. The van der Waals surface area contributed by atoms with Gasteiger partial charge in [0.05, 0.1) is 15.5 Å². The highest BCUT2D eigenvalue weighted by molar-refractivity contribution is 7.91. The molecule has 1 unspecified atom stereocenters. The molecular weight excluding hydrogens is 680 g/mol. The summed E-state index contributed by atoms with van der Waals surface area (Å²) in [6, 6.07) is 31.1. The maximum Gasteiger partial charge on any atom is 0.252 e. The maximum atomic E-state index is 13.8. The molecule has 11 heteroatoms. The summed E-state index contributed by atoms with van der Waals surface area (Å²) in [6.45, 7) is 3.94. The smallest absolute Gasteiger partial charge is 0.252 e. The highest BCUT2D eigenvalue weighted by atomic mass is 35.5. The van der Waals surface area contributed by atoms with Crippen LogP contribution < -0.4 is 4.72 Å². The molecule has 3 atom stereocenters. The van der Waals surface area contributed by atoms with Gasteiger partial charge in [0.1, 0.15) is 15.2 Å². The van der Waals surface area contributed by atoms with Gasteiger partial charge in [-0.1, -0.05) is 66.2 Å². The summed E-state index contributed by atoms with van der Waals surface area (Å²) in [5.74, 6) is 0.768. The van der Waals surface area contributed by atoms with Gasteiger partial charge in [0.25, 0.3) is 10.0 Å². The number of fused-ring (bicyclic) bond motifs is 1. The van der Waals surface area contributed by atoms with Crippen molar-refractivity contribution in [1.29, 1.82) is 0 Å². The normalized spacial score (nSPS) is 21.1. The SMILES string of the molecule is CN(C[C@@]1(c2cccc(Cl)c2)C[C@H]1CN1CCC(CNS(=O)c2cccc3ccccc23)CC1)S(=O)(=O)c1ccc(-c2ccccn2)s1. The zero-order chi connectivity index (χ0) is 33.3. The number of aromatic nitrogens is 1. The van der Waals surface area contributed by atoms with Crippen LogP contribution in [0.4, 0.5) is 0 Å². The predicted octanol–water partition coefficient (Wildman–Crippen LogP) is 7.22. The summed E-state index contributed by atoms with van der Waals surface area (Å²) in [5, 5.41) is 2.78. The van der Waals surface area contributed by atoms with Crippen LogP contribution in [0.2, 0.25) is 5.02 Å². The van der Waals surface area contributed by atoms with Gasteiger partial charge < -0.3 is 4.90 Å². The van der Waals surface area contributed by atoms with Crippen LogP contribution in [-0.4, -0.2) is 66.6 Å². The second-order valence-corrected chi connectivity index (χ2v) is 18.1. The Morgan fingerprint density at radius 1 is 1.00 bits per heavy atom. The number of halogens is 1. The number of hydrogen-bond acceptors (Lipinski definition) is 6. The van der Waals surface area contributed by atoms with Gasteiger partial charge >= 0.3 is 0 Å². The third-order valence-corrected chi connectivity index (χ3v) is 14.7. The van der Waals surface area contributed by atoms with E-state index in [0.29, 0.717) is 34.2 Å². The second kappa shape index (κ2) is 14.1. The van der Waals surface area contributed by atoms with E-state index < -0.39 is 21.0 Å². The number of likely N-dealkylation sites (N-methyl/N-ethyl adjacent to an activating group) is 1. The lowest BCUT2D eigenvalue weighted by Crippen LogP contribution is -2.40. The van der Waals surface area contributed by atoms with E-state index in [0.717, 1.165) is 70.7 Å². The molecule has 3 aromatic carbocycles. The molecule has 7 rings (SSSR count). The predicted molar refractivity (Wildman–Crippen MR) is 196 cm³/mol. The minimum absolute atomic E-state index is 0.304. The molecule has 2 aromatic heterocycles. The Morgan fingerprint density at radius 2 is 1.77 bits per heavy atom. The molecule has 1 aliphatic heterocycles. The van der Waals surface area contributed by atoms with Crippen molar-refractivity contribution in [3.63, 3.8) is 0 Å². The number of pyridine rings is 1. The van der Waals surface area contributed by atoms with Gasteiger partial charge in [-0.2, -0.15) is 4.31 Å². The minimum Gasteiger partial charge on any atom is -0.303 e. The highest BCUT2D eigenvalue weighted by Crippen LogP contribution is 2.56.